The van der Waals surface area contributed by atoms with Gasteiger partial charge in [-0.15, -0.1) is 0 Å². The molecule has 8 nitrogen and oxygen atoms in total. The van der Waals surface area contributed by atoms with Gasteiger partial charge in [-0.3, -0.25) is 4.79 Å². The highest BCUT2D eigenvalue weighted by atomic mass is 32.2. The molecule has 0 aliphatic carbocycles. The van der Waals surface area contributed by atoms with Crippen molar-refractivity contribution in [3.8, 4) is 0 Å². The summed E-state index contributed by atoms with van der Waals surface area (Å²) in [7, 11) is -3.89. The van der Waals surface area contributed by atoms with E-state index in [1.807, 2.05) is 13.8 Å². The number of ether oxygens (including phenoxy) is 1. The summed E-state index contributed by atoms with van der Waals surface area (Å²) in [5.74, 6) is -0.0429. The number of nitrogens with one attached hydrogen (secondary N) is 1. The molecule has 1 aromatic carbocycles. The molecular formula is C22H31N3O5S. The van der Waals surface area contributed by atoms with Crippen molar-refractivity contribution in [1.29, 1.82) is 0 Å². The summed E-state index contributed by atoms with van der Waals surface area (Å²) in [6.45, 7) is 10.4. The molecule has 0 saturated carbocycles. The summed E-state index contributed by atoms with van der Waals surface area (Å²) in [5, 5.41) is 0.763. The van der Waals surface area contributed by atoms with Crippen LogP contribution in [0.15, 0.2) is 34.1 Å². The first-order valence-corrected chi connectivity index (χ1v) is 12.0. The fourth-order valence-corrected chi connectivity index (χ4v) is 5.78. The first-order chi connectivity index (χ1) is 14.4. The van der Waals surface area contributed by atoms with Crippen LogP contribution in [0.3, 0.4) is 0 Å². The topological polar surface area (TPSA) is 99.8 Å². The Morgan fingerprint density at radius 1 is 1.06 bits per heavy atom. The number of pyridine rings is 1. The summed E-state index contributed by atoms with van der Waals surface area (Å²) in [5.41, 5.74) is -0.264. The van der Waals surface area contributed by atoms with Crippen LogP contribution >= 0.6 is 0 Å². The van der Waals surface area contributed by atoms with Crippen molar-refractivity contribution in [2.75, 3.05) is 26.2 Å². The normalized spacial score (nSPS) is 16.5. The van der Waals surface area contributed by atoms with Gasteiger partial charge in [0.2, 0.25) is 10.0 Å². The van der Waals surface area contributed by atoms with E-state index in [2.05, 4.69) is 4.98 Å². The van der Waals surface area contributed by atoms with Gasteiger partial charge in [0.05, 0.1) is 4.90 Å². The number of hydrogen-bond donors (Lipinski definition) is 1. The smallest absolute Gasteiger partial charge is 0.410 e. The van der Waals surface area contributed by atoms with Gasteiger partial charge in [-0.25, -0.2) is 13.2 Å². The molecule has 0 bridgehead atoms. The minimum atomic E-state index is -3.89. The molecule has 1 fully saturated rings. The van der Waals surface area contributed by atoms with Gasteiger partial charge in [0, 0.05) is 43.1 Å². The van der Waals surface area contributed by atoms with Crippen molar-refractivity contribution >= 4 is 26.9 Å². The lowest BCUT2D eigenvalue weighted by molar-refractivity contribution is 0.0260. The monoisotopic (exact) mass is 449 g/mol. The number of hydrogen-bond acceptors (Lipinski definition) is 5. The largest absolute Gasteiger partial charge is 0.444 e. The third-order valence-electron chi connectivity index (χ3n) is 5.26. The summed E-state index contributed by atoms with van der Waals surface area (Å²) in [4.78, 5) is 29.1. The van der Waals surface area contributed by atoms with E-state index in [1.165, 1.54) is 10.5 Å². The molecule has 0 spiro atoms. The molecule has 0 unspecified atom stereocenters. The molecule has 3 rings (SSSR count). The van der Waals surface area contributed by atoms with Gasteiger partial charge < -0.3 is 14.6 Å². The maximum Gasteiger partial charge on any atom is 0.410 e. The third kappa shape index (κ3) is 4.93. The molecule has 2 heterocycles. The van der Waals surface area contributed by atoms with Crippen LogP contribution in [0.1, 0.15) is 52.5 Å². The standard InChI is InChI=1S/C22H31N3O5S/c1-15(2)16-7-8-18-17(9-10-23-20(18)26)19(16)31(28,29)25-12-6-11-24(13-14-25)21(27)30-22(3,4)5/h7-10,15H,6,11-14H2,1-5H3,(H,23,26). The van der Waals surface area contributed by atoms with Crippen LogP contribution in [-0.4, -0.2) is 60.5 Å². The Balaban J connectivity index is 1.98. The Bertz CT molecular complexity index is 1130. The van der Waals surface area contributed by atoms with Gasteiger partial charge in [0.25, 0.3) is 5.56 Å². The van der Waals surface area contributed by atoms with Crippen LogP contribution in [0, 0.1) is 0 Å². The number of aromatic nitrogens is 1. The van der Waals surface area contributed by atoms with Crippen LogP contribution < -0.4 is 5.56 Å². The average molecular weight is 450 g/mol. The van der Waals surface area contributed by atoms with Gasteiger partial charge in [0.1, 0.15) is 5.60 Å². The van der Waals surface area contributed by atoms with Crippen LogP contribution in [0.2, 0.25) is 0 Å². The van der Waals surface area contributed by atoms with Gasteiger partial charge in [0.15, 0.2) is 0 Å². The van der Waals surface area contributed by atoms with Gasteiger partial charge in [-0.2, -0.15) is 4.31 Å². The number of aromatic amines is 1. The van der Waals surface area contributed by atoms with Crippen LogP contribution in [0.25, 0.3) is 10.8 Å². The van der Waals surface area contributed by atoms with E-state index in [0.29, 0.717) is 35.8 Å². The SMILES string of the molecule is CC(C)c1ccc2c(=O)[nH]ccc2c1S(=O)(=O)N1CCCN(C(=O)OC(C)(C)C)CC1. The molecule has 1 aliphatic rings. The van der Waals surface area contributed by atoms with Gasteiger partial charge in [-0.1, -0.05) is 19.9 Å². The highest BCUT2D eigenvalue weighted by Crippen LogP contribution is 2.32. The first kappa shape index (κ1) is 23.3. The zero-order valence-electron chi connectivity index (χ0n) is 18.8. The minimum absolute atomic E-state index is 0.0429. The fourth-order valence-electron chi connectivity index (χ4n) is 3.77. The zero-order valence-corrected chi connectivity index (χ0v) is 19.6. The lowest BCUT2D eigenvalue weighted by Gasteiger charge is -2.27. The van der Waals surface area contributed by atoms with E-state index in [9.17, 15) is 18.0 Å². The summed E-state index contributed by atoms with van der Waals surface area (Å²) >= 11 is 0. The second-order valence-electron chi connectivity index (χ2n) is 9.13. The molecule has 9 heteroatoms. The average Bonchev–Trinajstić information content (AvgIpc) is 2.93. The highest BCUT2D eigenvalue weighted by Gasteiger charge is 2.33. The van der Waals surface area contributed by atoms with Crippen molar-refractivity contribution < 1.29 is 17.9 Å². The minimum Gasteiger partial charge on any atom is -0.444 e. The van der Waals surface area contributed by atoms with Crippen LogP contribution in [-0.2, 0) is 14.8 Å². The molecule has 31 heavy (non-hydrogen) atoms. The van der Waals surface area contributed by atoms with E-state index in [1.54, 1.807) is 43.9 Å². The van der Waals surface area contributed by atoms with Crippen LogP contribution in [0.5, 0.6) is 0 Å². The molecule has 0 atom stereocenters. The quantitative estimate of drug-likeness (QED) is 0.775. The summed E-state index contributed by atoms with van der Waals surface area (Å²) < 4.78 is 34.4. The summed E-state index contributed by atoms with van der Waals surface area (Å²) in [6.07, 6.45) is 1.53. The Morgan fingerprint density at radius 2 is 1.77 bits per heavy atom. The second-order valence-corrected chi connectivity index (χ2v) is 11.0. The lowest BCUT2D eigenvalue weighted by atomic mass is 10.00. The zero-order chi connectivity index (χ0) is 23.0. The van der Waals surface area contributed by atoms with E-state index in [0.717, 1.165) is 0 Å². The number of carbonyl (C=O) groups excluding carboxylic acids is 1. The van der Waals surface area contributed by atoms with Crippen molar-refractivity contribution in [2.24, 2.45) is 0 Å². The predicted octanol–water partition coefficient (Wildman–Crippen LogP) is 3.28. The Labute approximate surface area is 183 Å². The predicted molar refractivity (Wildman–Crippen MR) is 120 cm³/mol. The molecule has 2 aromatic rings. The number of amides is 1. The molecule has 170 valence electrons. The number of H-pyrrole nitrogens is 1. The molecule has 1 amide bonds. The number of benzene rings is 1. The Kier molecular flexibility index (Phi) is 6.48. The van der Waals surface area contributed by atoms with Crippen LogP contribution in [0.4, 0.5) is 4.79 Å². The van der Waals surface area contributed by atoms with Crippen molar-refractivity contribution in [1.82, 2.24) is 14.2 Å². The lowest BCUT2D eigenvalue weighted by Crippen LogP contribution is -2.40. The van der Waals surface area contributed by atoms with Crippen molar-refractivity contribution in [2.45, 2.75) is 57.5 Å². The molecule has 1 saturated heterocycles. The maximum absolute atomic E-state index is 13.8. The summed E-state index contributed by atoms with van der Waals surface area (Å²) in [6, 6.07) is 5.04. The second kappa shape index (κ2) is 8.63. The van der Waals surface area contributed by atoms with E-state index >= 15 is 0 Å². The number of fused-ring (bicyclic) bond motifs is 1. The first-order valence-electron chi connectivity index (χ1n) is 10.5. The van der Waals surface area contributed by atoms with E-state index in [4.69, 9.17) is 4.74 Å². The van der Waals surface area contributed by atoms with Gasteiger partial charge in [-0.05, 0) is 50.8 Å². The molecule has 1 N–H and O–H groups in total. The van der Waals surface area contributed by atoms with E-state index in [-0.39, 0.29) is 29.5 Å². The molecule has 1 aromatic heterocycles. The van der Waals surface area contributed by atoms with E-state index < -0.39 is 21.7 Å². The maximum atomic E-state index is 13.8. The van der Waals surface area contributed by atoms with Crippen molar-refractivity contribution in [3.63, 3.8) is 0 Å². The molecule has 0 radical (unpaired) electrons. The molecular weight excluding hydrogens is 418 g/mol. The fraction of sp³-hybridized carbons (Fsp3) is 0.545. The van der Waals surface area contributed by atoms with Crippen molar-refractivity contribution in [3.05, 3.63) is 40.3 Å². The third-order valence-corrected chi connectivity index (χ3v) is 7.28. The number of sulfonamides is 1. The number of rotatable bonds is 3. The number of carbonyl (C=O) groups is 1. The van der Waals surface area contributed by atoms with Gasteiger partial charge >= 0.3 is 6.09 Å². The molecule has 1 aliphatic heterocycles. The number of nitrogens with zero attached hydrogens (tertiary/aromatic N) is 2. The highest BCUT2D eigenvalue weighted by molar-refractivity contribution is 7.89. The Morgan fingerprint density at radius 3 is 2.42 bits per heavy atom. The Hall–Kier alpha value is -2.39.